The van der Waals surface area contributed by atoms with Gasteiger partial charge in [-0.15, -0.1) is 0 Å². The summed E-state index contributed by atoms with van der Waals surface area (Å²) in [6.07, 6.45) is 0.378. The molecule has 6 N–H and O–H groups in total. The molecule has 0 fully saturated rings. The topological polar surface area (TPSA) is 142 Å². The molecule has 0 bridgehead atoms. The van der Waals surface area contributed by atoms with Crippen LogP contribution < -0.4 is 16.4 Å². The van der Waals surface area contributed by atoms with Gasteiger partial charge in [-0.2, -0.15) is 12.6 Å². The summed E-state index contributed by atoms with van der Waals surface area (Å²) in [6, 6.07) is 12.2. The molecule has 0 aromatic heterocycles. The summed E-state index contributed by atoms with van der Waals surface area (Å²) in [7, 11) is 0. The number of carbonyl (C=O) groups excluding carboxylic acids is 2. The Kier molecular flexibility index (Phi) is 8.70. The molecule has 0 spiro atoms. The van der Waals surface area contributed by atoms with Gasteiger partial charge in [0.1, 0.15) is 17.8 Å². The lowest BCUT2D eigenvalue weighted by Crippen LogP contribution is -2.55. The molecule has 2 rings (SSSR count). The predicted molar refractivity (Wildman–Crippen MR) is 115 cm³/mol. The number of carboxylic acid groups (broad SMARTS) is 1. The number of carbonyl (C=O) groups is 3. The second-order valence-corrected chi connectivity index (χ2v) is 7.18. The van der Waals surface area contributed by atoms with E-state index in [2.05, 4.69) is 23.3 Å². The van der Waals surface area contributed by atoms with Crippen molar-refractivity contribution >= 4 is 30.4 Å². The van der Waals surface area contributed by atoms with Crippen LogP contribution in [0.1, 0.15) is 11.1 Å². The van der Waals surface area contributed by atoms with Crippen molar-refractivity contribution in [3.63, 3.8) is 0 Å². The minimum atomic E-state index is -1.23. The standard InChI is InChI=1S/C21H25N3O5S/c22-16(10-13-4-2-1-3-5-13)19(26)23-17(11-14-6-8-15(25)9-7-14)20(27)24-18(12-30)21(28)29/h1-9,16-18,25,30H,10-12,22H2,(H,23,26)(H,24,27)(H,28,29). The van der Waals surface area contributed by atoms with E-state index in [1.54, 1.807) is 12.1 Å². The molecule has 0 aliphatic heterocycles. The second-order valence-electron chi connectivity index (χ2n) is 6.81. The highest BCUT2D eigenvalue weighted by Gasteiger charge is 2.27. The lowest BCUT2D eigenvalue weighted by atomic mass is 10.0. The first-order valence-electron chi connectivity index (χ1n) is 9.32. The number of amides is 2. The zero-order valence-electron chi connectivity index (χ0n) is 16.2. The van der Waals surface area contributed by atoms with E-state index in [1.807, 2.05) is 30.3 Å². The Morgan fingerprint density at radius 1 is 0.867 bits per heavy atom. The highest BCUT2D eigenvalue weighted by atomic mass is 32.1. The summed E-state index contributed by atoms with van der Waals surface area (Å²) in [5.74, 6) is -2.46. The fourth-order valence-electron chi connectivity index (χ4n) is 2.77. The van der Waals surface area contributed by atoms with E-state index in [1.165, 1.54) is 12.1 Å². The van der Waals surface area contributed by atoms with Crippen LogP contribution in [0, 0.1) is 0 Å². The smallest absolute Gasteiger partial charge is 0.327 e. The first-order valence-corrected chi connectivity index (χ1v) is 9.95. The van der Waals surface area contributed by atoms with Gasteiger partial charge in [-0.3, -0.25) is 9.59 Å². The Morgan fingerprint density at radius 2 is 1.43 bits per heavy atom. The van der Waals surface area contributed by atoms with Gasteiger partial charge < -0.3 is 26.6 Å². The van der Waals surface area contributed by atoms with E-state index in [4.69, 9.17) is 10.8 Å². The fourth-order valence-corrected chi connectivity index (χ4v) is 3.02. The number of hydrogen-bond acceptors (Lipinski definition) is 6. The summed E-state index contributed by atoms with van der Waals surface area (Å²) in [6.45, 7) is 0. The number of rotatable bonds is 10. The maximum absolute atomic E-state index is 12.7. The molecule has 0 saturated carbocycles. The van der Waals surface area contributed by atoms with Crippen molar-refractivity contribution in [1.82, 2.24) is 10.6 Å². The van der Waals surface area contributed by atoms with Crippen molar-refractivity contribution in [2.45, 2.75) is 31.0 Å². The maximum Gasteiger partial charge on any atom is 0.327 e. The Hall–Kier alpha value is -3.04. The highest BCUT2D eigenvalue weighted by Crippen LogP contribution is 2.12. The molecule has 0 radical (unpaired) electrons. The van der Waals surface area contributed by atoms with Gasteiger partial charge in [-0.05, 0) is 29.7 Å². The van der Waals surface area contributed by atoms with E-state index >= 15 is 0 Å². The van der Waals surface area contributed by atoms with Crippen LogP contribution in [0.15, 0.2) is 54.6 Å². The predicted octanol–water partition coefficient (Wildman–Crippen LogP) is 0.489. The third-order valence-electron chi connectivity index (χ3n) is 4.44. The van der Waals surface area contributed by atoms with Crippen LogP contribution >= 0.6 is 12.6 Å². The number of aromatic hydroxyl groups is 1. The van der Waals surface area contributed by atoms with Crippen LogP contribution in [0.25, 0.3) is 0 Å². The van der Waals surface area contributed by atoms with Crippen LogP contribution in [0.5, 0.6) is 5.75 Å². The van der Waals surface area contributed by atoms with Gasteiger partial charge in [0, 0.05) is 12.2 Å². The molecular formula is C21H25N3O5S. The zero-order valence-corrected chi connectivity index (χ0v) is 17.1. The second kappa shape index (κ2) is 11.2. The number of carboxylic acids is 1. The minimum Gasteiger partial charge on any atom is -0.508 e. The number of benzene rings is 2. The number of hydrogen-bond donors (Lipinski definition) is 6. The molecule has 160 valence electrons. The molecule has 3 atom stereocenters. The van der Waals surface area contributed by atoms with Gasteiger partial charge in [-0.1, -0.05) is 42.5 Å². The average Bonchev–Trinajstić information content (AvgIpc) is 2.73. The largest absolute Gasteiger partial charge is 0.508 e. The fraction of sp³-hybridized carbons (Fsp3) is 0.286. The van der Waals surface area contributed by atoms with Gasteiger partial charge in [-0.25, -0.2) is 4.79 Å². The Balaban J connectivity index is 2.12. The van der Waals surface area contributed by atoms with E-state index in [0.717, 1.165) is 5.56 Å². The quantitative estimate of drug-likeness (QED) is 0.302. The Labute approximate surface area is 179 Å². The molecule has 0 saturated heterocycles. The Morgan fingerprint density at radius 3 is 2.00 bits per heavy atom. The Bertz CT molecular complexity index is 861. The molecule has 30 heavy (non-hydrogen) atoms. The third kappa shape index (κ3) is 7.09. The normalized spacial score (nSPS) is 13.7. The maximum atomic E-state index is 12.7. The molecule has 0 aliphatic rings. The zero-order chi connectivity index (χ0) is 22.1. The van der Waals surface area contributed by atoms with Crippen LogP contribution in [0.4, 0.5) is 0 Å². The summed E-state index contributed by atoms with van der Waals surface area (Å²) in [5.41, 5.74) is 7.55. The summed E-state index contributed by atoms with van der Waals surface area (Å²) >= 11 is 3.94. The highest BCUT2D eigenvalue weighted by molar-refractivity contribution is 7.80. The number of aliphatic carboxylic acids is 1. The average molecular weight is 432 g/mol. The number of nitrogens with one attached hydrogen (secondary N) is 2. The van der Waals surface area contributed by atoms with E-state index in [-0.39, 0.29) is 24.3 Å². The molecule has 0 aliphatic carbocycles. The van der Waals surface area contributed by atoms with Crippen molar-refractivity contribution in [2.75, 3.05) is 5.75 Å². The molecule has 9 heteroatoms. The number of phenolic OH excluding ortho intramolecular Hbond substituents is 1. The van der Waals surface area contributed by atoms with Crippen LogP contribution in [0.3, 0.4) is 0 Å². The van der Waals surface area contributed by atoms with Gasteiger partial charge >= 0.3 is 5.97 Å². The summed E-state index contributed by atoms with van der Waals surface area (Å²) in [4.78, 5) is 36.5. The molecule has 8 nitrogen and oxygen atoms in total. The first-order chi connectivity index (χ1) is 14.3. The van der Waals surface area contributed by atoms with Gasteiger partial charge in [0.15, 0.2) is 0 Å². The molecule has 3 unspecified atom stereocenters. The van der Waals surface area contributed by atoms with Crippen molar-refractivity contribution in [3.8, 4) is 5.75 Å². The van der Waals surface area contributed by atoms with Crippen molar-refractivity contribution in [2.24, 2.45) is 5.73 Å². The summed E-state index contributed by atoms with van der Waals surface area (Å²) in [5, 5.41) is 23.6. The van der Waals surface area contributed by atoms with Gasteiger partial charge in [0.05, 0.1) is 6.04 Å². The number of phenols is 1. The summed E-state index contributed by atoms with van der Waals surface area (Å²) < 4.78 is 0. The molecule has 2 aromatic carbocycles. The number of thiol groups is 1. The van der Waals surface area contributed by atoms with Crippen LogP contribution in [-0.2, 0) is 27.2 Å². The molecule has 2 aromatic rings. The van der Waals surface area contributed by atoms with E-state index < -0.39 is 35.9 Å². The molecule has 2 amide bonds. The van der Waals surface area contributed by atoms with Gasteiger partial charge in [0.2, 0.25) is 11.8 Å². The van der Waals surface area contributed by atoms with Crippen LogP contribution in [-0.4, -0.2) is 51.9 Å². The van der Waals surface area contributed by atoms with Gasteiger partial charge in [0.25, 0.3) is 0 Å². The van der Waals surface area contributed by atoms with Crippen LogP contribution in [0.2, 0.25) is 0 Å². The van der Waals surface area contributed by atoms with E-state index in [9.17, 15) is 19.5 Å². The first kappa shape index (κ1) is 23.2. The SMILES string of the molecule is NC(Cc1ccccc1)C(=O)NC(Cc1ccc(O)cc1)C(=O)NC(CS)C(=O)O. The minimum absolute atomic E-state index is 0.0645. The van der Waals surface area contributed by atoms with Crippen molar-refractivity contribution in [3.05, 3.63) is 65.7 Å². The third-order valence-corrected chi connectivity index (χ3v) is 4.81. The monoisotopic (exact) mass is 431 g/mol. The number of nitrogens with two attached hydrogens (primary N) is 1. The molecular weight excluding hydrogens is 406 g/mol. The van der Waals surface area contributed by atoms with Crippen molar-refractivity contribution in [1.29, 1.82) is 0 Å². The molecule has 0 heterocycles. The van der Waals surface area contributed by atoms with E-state index in [0.29, 0.717) is 5.56 Å². The van der Waals surface area contributed by atoms with Crippen molar-refractivity contribution < 1.29 is 24.6 Å². The lowest BCUT2D eigenvalue weighted by Gasteiger charge is -2.22. The lowest BCUT2D eigenvalue weighted by molar-refractivity contribution is -0.141.